The topological polar surface area (TPSA) is 61.0 Å². The minimum atomic E-state index is 0.646. The van der Waals surface area contributed by atoms with Crippen molar-refractivity contribution in [2.45, 2.75) is 11.3 Å². The van der Waals surface area contributed by atoms with Gasteiger partial charge >= 0.3 is 0 Å². The Morgan fingerprint density at radius 2 is 2.12 bits per heavy atom. The fraction of sp³-hybridized carbons (Fsp3) is 0.273. The van der Waals surface area contributed by atoms with Crippen molar-refractivity contribution in [3.8, 4) is 5.75 Å². The van der Waals surface area contributed by atoms with Gasteiger partial charge in [0.1, 0.15) is 11.6 Å². The molecule has 0 aliphatic rings. The fourth-order valence-electron chi connectivity index (χ4n) is 1.19. The summed E-state index contributed by atoms with van der Waals surface area (Å²) >= 11 is 3.09. The lowest BCUT2D eigenvalue weighted by atomic mass is 10.3. The molecule has 17 heavy (non-hydrogen) atoms. The summed E-state index contributed by atoms with van der Waals surface area (Å²) in [4.78, 5) is 4.27. The van der Waals surface area contributed by atoms with Crippen LogP contribution in [0.25, 0.3) is 0 Å². The lowest BCUT2D eigenvalue weighted by Crippen LogP contribution is -2.00. The average Bonchev–Trinajstić information content (AvgIpc) is 2.73. The largest absolute Gasteiger partial charge is 0.493 e. The second-order valence-electron chi connectivity index (χ2n) is 3.37. The summed E-state index contributed by atoms with van der Waals surface area (Å²) in [5, 5.41) is 0. The highest BCUT2D eigenvalue weighted by Gasteiger charge is 2.00. The van der Waals surface area contributed by atoms with Crippen LogP contribution in [0.15, 0.2) is 28.6 Å². The Morgan fingerprint density at radius 3 is 2.76 bits per heavy atom. The number of thioether (sulfide) groups is 1. The van der Waals surface area contributed by atoms with Crippen molar-refractivity contribution in [2.75, 3.05) is 18.1 Å². The first kappa shape index (κ1) is 12.2. The Bertz CT molecular complexity index is 470. The SMILES string of the molecule is Cc1nsc(SCCOc2ccc(N)cc2)n1. The fourth-order valence-corrected chi connectivity index (χ4v) is 2.72. The van der Waals surface area contributed by atoms with E-state index < -0.39 is 0 Å². The molecule has 0 atom stereocenters. The maximum absolute atomic E-state index is 5.59. The summed E-state index contributed by atoms with van der Waals surface area (Å²) in [5.74, 6) is 2.53. The van der Waals surface area contributed by atoms with Gasteiger partial charge in [-0.2, -0.15) is 4.37 Å². The van der Waals surface area contributed by atoms with E-state index in [0.717, 1.165) is 27.4 Å². The molecule has 6 heteroatoms. The second kappa shape index (κ2) is 5.88. The summed E-state index contributed by atoms with van der Waals surface area (Å²) in [6, 6.07) is 7.40. The van der Waals surface area contributed by atoms with Gasteiger partial charge in [0.15, 0.2) is 4.34 Å². The van der Waals surface area contributed by atoms with Crippen LogP contribution in [-0.4, -0.2) is 21.7 Å². The van der Waals surface area contributed by atoms with E-state index in [1.165, 1.54) is 11.5 Å². The molecular formula is C11H13N3OS2. The maximum Gasteiger partial charge on any atom is 0.170 e. The van der Waals surface area contributed by atoms with Crippen LogP contribution in [0.5, 0.6) is 5.75 Å². The Hall–Kier alpha value is -1.27. The highest BCUT2D eigenvalue weighted by molar-refractivity contribution is 8.00. The molecule has 0 radical (unpaired) electrons. The summed E-state index contributed by atoms with van der Waals surface area (Å²) < 4.78 is 10.7. The molecule has 0 amide bonds. The predicted molar refractivity (Wildman–Crippen MR) is 71.7 cm³/mol. The van der Waals surface area contributed by atoms with E-state index in [-0.39, 0.29) is 0 Å². The van der Waals surface area contributed by atoms with Crippen LogP contribution in [0.4, 0.5) is 5.69 Å². The van der Waals surface area contributed by atoms with Gasteiger partial charge in [0.25, 0.3) is 0 Å². The van der Waals surface area contributed by atoms with Crippen LogP contribution in [0.1, 0.15) is 5.82 Å². The lowest BCUT2D eigenvalue weighted by Gasteiger charge is -2.04. The number of rotatable bonds is 5. The molecule has 0 unspecified atom stereocenters. The van der Waals surface area contributed by atoms with Gasteiger partial charge in [0.05, 0.1) is 6.61 Å². The van der Waals surface area contributed by atoms with Gasteiger partial charge in [-0.3, -0.25) is 0 Å². The molecule has 2 rings (SSSR count). The molecule has 0 aliphatic carbocycles. The van der Waals surface area contributed by atoms with Gasteiger partial charge in [-0.15, -0.1) is 0 Å². The first-order valence-electron chi connectivity index (χ1n) is 5.15. The molecule has 1 aromatic heterocycles. The third-order valence-corrected chi connectivity index (χ3v) is 3.86. The van der Waals surface area contributed by atoms with Gasteiger partial charge in [-0.05, 0) is 42.7 Å². The maximum atomic E-state index is 5.59. The summed E-state index contributed by atoms with van der Waals surface area (Å²) in [7, 11) is 0. The Balaban J connectivity index is 1.71. The quantitative estimate of drug-likeness (QED) is 0.512. The van der Waals surface area contributed by atoms with Gasteiger partial charge in [-0.25, -0.2) is 4.98 Å². The molecule has 90 valence electrons. The number of aryl methyl sites for hydroxylation is 1. The number of hydrogen-bond donors (Lipinski definition) is 1. The van der Waals surface area contributed by atoms with Crippen molar-refractivity contribution in [3.05, 3.63) is 30.1 Å². The van der Waals surface area contributed by atoms with Crippen LogP contribution in [0.2, 0.25) is 0 Å². The van der Waals surface area contributed by atoms with Crippen LogP contribution in [-0.2, 0) is 0 Å². The van der Waals surface area contributed by atoms with E-state index in [1.807, 2.05) is 31.2 Å². The zero-order valence-electron chi connectivity index (χ0n) is 9.42. The van der Waals surface area contributed by atoms with Crippen molar-refractivity contribution < 1.29 is 4.74 Å². The molecule has 0 spiro atoms. The zero-order chi connectivity index (χ0) is 12.1. The highest BCUT2D eigenvalue weighted by Crippen LogP contribution is 2.20. The summed E-state index contributed by atoms with van der Waals surface area (Å²) in [6.07, 6.45) is 0. The smallest absolute Gasteiger partial charge is 0.170 e. The van der Waals surface area contributed by atoms with E-state index in [9.17, 15) is 0 Å². The van der Waals surface area contributed by atoms with Crippen molar-refractivity contribution >= 4 is 29.0 Å². The summed E-state index contributed by atoms with van der Waals surface area (Å²) in [6.45, 7) is 2.54. The third-order valence-electron chi connectivity index (χ3n) is 1.97. The molecular weight excluding hydrogens is 254 g/mol. The zero-order valence-corrected chi connectivity index (χ0v) is 11.1. The molecule has 0 fully saturated rings. The van der Waals surface area contributed by atoms with Gasteiger partial charge in [-0.1, -0.05) is 11.8 Å². The van der Waals surface area contributed by atoms with Crippen LogP contribution in [0.3, 0.4) is 0 Å². The first-order valence-corrected chi connectivity index (χ1v) is 6.91. The number of nitrogens with two attached hydrogens (primary N) is 1. The molecule has 2 aromatic rings. The van der Waals surface area contributed by atoms with E-state index >= 15 is 0 Å². The third kappa shape index (κ3) is 3.90. The highest BCUT2D eigenvalue weighted by atomic mass is 32.2. The van der Waals surface area contributed by atoms with Crippen LogP contribution in [0, 0.1) is 6.92 Å². The minimum Gasteiger partial charge on any atom is -0.493 e. The van der Waals surface area contributed by atoms with Crippen LogP contribution >= 0.6 is 23.3 Å². The van der Waals surface area contributed by atoms with Crippen LogP contribution < -0.4 is 10.5 Å². The average molecular weight is 267 g/mol. The molecule has 0 saturated carbocycles. The minimum absolute atomic E-state index is 0.646. The molecule has 1 aromatic carbocycles. The number of benzene rings is 1. The van der Waals surface area contributed by atoms with E-state index in [2.05, 4.69) is 9.36 Å². The number of nitrogens with zero attached hydrogens (tertiary/aromatic N) is 2. The monoisotopic (exact) mass is 267 g/mol. The Kier molecular flexibility index (Phi) is 4.22. The Labute approximate surface area is 108 Å². The number of aromatic nitrogens is 2. The van der Waals surface area contributed by atoms with Gasteiger partial charge < -0.3 is 10.5 Å². The van der Waals surface area contributed by atoms with Gasteiger partial charge in [0.2, 0.25) is 0 Å². The predicted octanol–water partition coefficient (Wildman–Crippen LogP) is 2.60. The van der Waals surface area contributed by atoms with Crippen molar-refractivity contribution in [1.82, 2.24) is 9.36 Å². The molecule has 2 N–H and O–H groups in total. The van der Waals surface area contributed by atoms with E-state index in [0.29, 0.717) is 6.61 Å². The van der Waals surface area contributed by atoms with Crippen molar-refractivity contribution in [2.24, 2.45) is 0 Å². The standard InChI is InChI=1S/C11H13N3OS2/c1-8-13-11(17-14-8)16-7-6-15-10-4-2-9(12)3-5-10/h2-5H,6-7,12H2,1H3. The number of anilines is 1. The van der Waals surface area contributed by atoms with Crippen molar-refractivity contribution in [3.63, 3.8) is 0 Å². The Morgan fingerprint density at radius 1 is 1.35 bits per heavy atom. The number of hydrogen-bond acceptors (Lipinski definition) is 6. The molecule has 0 aliphatic heterocycles. The molecule has 1 heterocycles. The van der Waals surface area contributed by atoms with Gasteiger partial charge in [0, 0.05) is 11.4 Å². The second-order valence-corrected chi connectivity index (χ2v) is 5.47. The number of nitrogen functional groups attached to an aromatic ring is 1. The normalized spacial score (nSPS) is 10.4. The molecule has 4 nitrogen and oxygen atoms in total. The molecule has 0 bridgehead atoms. The summed E-state index contributed by atoms with van der Waals surface area (Å²) in [5.41, 5.74) is 6.33. The number of ether oxygens (including phenoxy) is 1. The van der Waals surface area contributed by atoms with E-state index in [1.54, 1.807) is 11.8 Å². The van der Waals surface area contributed by atoms with Crippen molar-refractivity contribution in [1.29, 1.82) is 0 Å². The molecule has 0 saturated heterocycles. The first-order chi connectivity index (χ1) is 8.24. The van der Waals surface area contributed by atoms with E-state index in [4.69, 9.17) is 10.5 Å². The lowest BCUT2D eigenvalue weighted by molar-refractivity contribution is 0.344.